The first kappa shape index (κ1) is 15.1. The Bertz CT molecular complexity index is 439. The predicted octanol–water partition coefficient (Wildman–Crippen LogP) is 3.64. The number of aliphatic hydroxyl groups excluding tert-OH is 1. The van der Waals surface area contributed by atoms with Crippen LogP contribution in [0.5, 0.6) is 11.5 Å². The summed E-state index contributed by atoms with van der Waals surface area (Å²) in [6.45, 7) is 6.14. The minimum absolute atomic E-state index is 0.457. The third-order valence-electron chi connectivity index (χ3n) is 2.59. The largest absolute Gasteiger partial charge is 0.492 e. The Balaban J connectivity index is 3.20. The standard InChI is InChI=1S/C14H19BrO3/c1-5-18-13-8-11(6-9(2)10(3)16)7-12(15)14(13)17-4/h6-8,10,16H,5H2,1-4H3/b9-6-. The summed E-state index contributed by atoms with van der Waals surface area (Å²) in [4.78, 5) is 0. The molecule has 0 aliphatic heterocycles. The molecule has 100 valence electrons. The quantitative estimate of drug-likeness (QED) is 0.901. The number of ether oxygens (including phenoxy) is 2. The Labute approximate surface area is 117 Å². The smallest absolute Gasteiger partial charge is 0.174 e. The Kier molecular flexibility index (Phi) is 5.69. The number of methoxy groups -OCH3 is 1. The molecule has 0 aromatic heterocycles. The second-order valence-corrected chi connectivity index (χ2v) is 4.89. The van der Waals surface area contributed by atoms with Crippen LogP contribution in [-0.4, -0.2) is 24.9 Å². The van der Waals surface area contributed by atoms with Gasteiger partial charge in [-0.2, -0.15) is 0 Å². The molecule has 3 nitrogen and oxygen atoms in total. The molecule has 0 radical (unpaired) electrons. The Morgan fingerprint density at radius 2 is 2.17 bits per heavy atom. The lowest BCUT2D eigenvalue weighted by molar-refractivity contribution is 0.232. The Hall–Kier alpha value is -1.00. The Morgan fingerprint density at radius 3 is 2.67 bits per heavy atom. The molecule has 1 rings (SSSR count). The molecule has 0 bridgehead atoms. The minimum atomic E-state index is -0.457. The molecule has 4 heteroatoms. The molecule has 1 aromatic carbocycles. The molecular weight excluding hydrogens is 296 g/mol. The topological polar surface area (TPSA) is 38.7 Å². The molecule has 0 spiro atoms. The van der Waals surface area contributed by atoms with Crippen LogP contribution in [0, 0.1) is 0 Å². The molecule has 1 unspecified atom stereocenters. The van der Waals surface area contributed by atoms with Gasteiger partial charge >= 0.3 is 0 Å². The van der Waals surface area contributed by atoms with Gasteiger partial charge in [0, 0.05) is 0 Å². The van der Waals surface area contributed by atoms with Crippen molar-refractivity contribution in [3.05, 3.63) is 27.7 Å². The first-order chi connectivity index (χ1) is 8.49. The fraction of sp³-hybridized carbons (Fsp3) is 0.429. The van der Waals surface area contributed by atoms with E-state index in [2.05, 4.69) is 15.9 Å². The van der Waals surface area contributed by atoms with E-state index in [0.29, 0.717) is 18.1 Å². The summed E-state index contributed by atoms with van der Waals surface area (Å²) >= 11 is 3.46. The fourth-order valence-electron chi connectivity index (χ4n) is 1.52. The van der Waals surface area contributed by atoms with Crippen molar-refractivity contribution in [1.82, 2.24) is 0 Å². The minimum Gasteiger partial charge on any atom is -0.492 e. The summed E-state index contributed by atoms with van der Waals surface area (Å²) in [5, 5.41) is 9.49. The molecule has 0 aliphatic rings. The van der Waals surface area contributed by atoms with Crippen molar-refractivity contribution in [3.63, 3.8) is 0 Å². The molecule has 1 N–H and O–H groups in total. The number of aliphatic hydroxyl groups is 1. The third kappa shape index (κ3) is 3.75. The van der Waals surface area contributed by atoms with Crippen LogP contribution in [-0.2, 0) is 0 Å². The van der Waals surface area contributed by atoms with Crippen LogP contribution < -0.4 is 9.47 Å². The van der Waals surface area contributed by atoms with Gasteiger partial charge in [-0.1, -0.05) is 6.08 Å². The first-order valence-electron chi connectivity index (χ1n) is 5.86. The number of halogens is 1. The summed E-state index contributed by atoms with van der Waals surface area (Å²) in [7, 11) is 1.61. The van der Waals surface area contributed by atoms with E-state index in [0.717, 1.165) is 15.6 Å². The van der Waals surface area contributed by atoms with E-state index in [1.54, 1.807) is 14.0 Å². The maximum absolute atomic E-state index is 9.49. The highest BCUT2D eigenvalue weighted by atomic mass is 79.9. The van der Waals surface area contributed by atoms with Crippen LogP contribution in [0.3, 0.4) is 0 Å². The molecule has 1 atom stereocenters. The van der Waals surface area contributed by atoms with Gasteiger partial charge in [-0.25, -0.2) is 0 Å². The number of rotatable bonds is 5. The van der Waals surface area contributed by atoms with Gasteiger partial charge in [0.2, 0.25) is 0 Å². The zero-order valence-corrected chi connectivity index (χ0v) is 12.7. The van der Waals surface area contributed by atoms with Crippen molar-refractivity contribution < 1.29 is 14.6 Å². The summed E-state index contributed by atoms with van der Waals surface area (Å²) < 4.78 is 11.7. The summed E-state index contributed by atoms with van der Waals surface area (Å²) in [6, 6.07) is 3.84. The molecule has 0 heterocycles. The van der Waals surface area contributed by atoms with Gasteiger partial charge in [0.15, 0.2) is 11.5 Å². The van der Waals surface area contributed by atoms with Gasteiger partial charge in [-0.05, 0) is 60.0 Å². The highest BCUT2D eigenvalue weighted by Crippen LogP contribution is 2.37. The molecule has 0 aliphatic carbocycles. The second-order valence-electron chi connectivity index (χ2n) is 4.03. The van der Waals surface area contributed by atoms with Crippen LogP contribution in [0.25, 0.3) is 6.08 Å². The van der Waals surface area contributed by atoms with Crippen molar-refractivity contribution >= 4 is 22.0 Å². The van der Waals surface area contributed by atoms with E-state index in [1.807, 2.05) is 32.1 Å². The molecule has 0 fully saturated rings. The average molecular weight is 315 g/mol. The van der Waals surface area contributed by atoms with Crippen molar-refractivity contribution in [2.75, 3.05) is 13.7 Å². The molecule has 18 heavy (non-hydrogen) atoms. The van der Waals surface area contributed by atoms with E-state index in [9.17, 15) is 5.11 Å². The fourth-order valence-corrected chi connectivity index (χ4v) is 2.14. The molecule has 1 aromatic rings. The van der Waals surface area contributed by atoms with E-state index >= 15 is 0 Å². The van der Waals surface area contributed by atoms with E-state index < -0.39 is 6.10 Å². The zero-order chi connectivity index (χ0) is 13.7. The third-order valence-corrected chi connectivity index (χ3v) is 3.18. The number of hydrogen-bond acceptors (Lipinski definition) is 3. The van der Waals surface area contributed by atoms with E-state index in [1.165, 1.54) is 0 Å². The van der Waals surface area contributed by atoms with Gasteiger partial charge in [0.1, 0.15) is 0 Å². The van der Waals surface area contributed by atoms with Crippen LogP contribution in [0.2, 0.25) is 0 Å². The lowest BCUT2D eigenvalue weighted by Crippen LogP contribution is -2.01. The zero-order valence-electron chi connectivity index (χ0n) is 11.2. The summed E-state index contributed by atoms with van der Waals surface area (Å²) in [6.07, 6.45) is 1.47. The van der Waals surface area contributed by atoms with Gasteiger partial charge in [0.05, 0.1) is 24.3 Å². The molecule has 0 amide bonds. The average Bonchev–Trinajstić information content (AvgIpc) is 2.29. The first-order valence-corrected chi connectivity index (χ1v) is 6.65. The molecular formula is C14H19BrO3. The monoisotopic (exact) mass is 314 g/mol. The highest BCUT2D eigenvalue weighted by Gasteiger charge is 2.10. The van der Waals surface area contributed by atoms with Gasteiger partial charge < -0.3 is 14.6 Å². The lowest BCUT2D eigenvalue weighted by Gasteiger charge is -2.13. The summed E-state index contributed by atoms with van der Waals surface area (Å²) in [5.74, 6) is 1.38. The van der Waals surface area contributed by atoms with Crippen LogP contribution in [0.1, 0.15) is 26.3 Å². The van der Waals surface area contributed by atoms with Crippen molar-refractivity contribution in [2.45, 2.75) is 26.9 Å². The van der Waals surface area contributed by atoms with Crippen LogP contribution >= 0.6 is 15.9 Å². The SMILES string of the molecule is CCOc1cc(/C=C(/C)C(C)O)cc(Br)c1OC. The van der Waals surface area contributed by atoms with Crippen molar-refractivity contribution in [2.24, 2.45) is 0 Å². The highest BCUT2D eigenvalue weighted by molar-refractivity contribution is 9.10. The number of benzene rings is 1. The van der Waals surface area contributed by atoms with Crippen molar-refractivity contribution in [3.8, 4) is 11.5 Å². The maximum atomic E-state index is 9.49. The molecule has 0 saturated heterocycles. The van der Waals surface area contributed by atoms with Gasteiger partial charge in [-0.3, -0.25) is 0 Å². The van der Waals surface area contributed by atoms with Crippen molar-refractivity contribution in [1.29, 1.82) is 0 Å². The maximum Gasteiger partial charge on any atom is 0.174 e. The lowest BCUT2D eigenvalue weighted by atomic mass is 10.1. The molecule has 0 saturated carbocycles. The van der Waals surface area contributed by atoms with E-state index in [-0.39, 0.29) is 0 Å². The van der Waals surface area contributed by atoms with Crippen LogP contribution in [0.15, 0.2) is 22.2 Å². The predicted molar refractivity (Wildman–Crippen MR) is 77.2 cm³/mol. The van der Waals surface area contributed by atoms with E-state index in [4.69, 9.17) is 9.47 Å². The normalized spacial score (nSPS) is 13.3. The second kappa shape index (κ2) is 6.81. The van der Waals surface area contributed by atoms with Crippen LogP contribution in [0.4, 0.5) is 0 Å². The van der Waals surface area contributed by atoms with Gasteiger partial charge in [-0.15, -0.1) is 0 Å². The number of hydrogen-bond donors (Lipinski definition) is 1. The summed E-state index contributed by atoms with van der Waals surface area (Å²) in [5.41, 5.74) is 1.86. The van der Waals surface area contributed by atoms with Gasteiger partial charge in [0.25, 0.3) is 0 Å². The Morgan fingerprint density at radius 1 is 1.50 bits per heavy atom.